The third-order valence-electron chi connectivity index (χ3n) is 2.04. The van der Waals surface area contributed by atoms with Crippen LogP contribution in [0.4, 0.5) is 5.69 Å². The second kappa shape index (κ2) is 3.73. The van der Waals surface area contributed by atoms with Crippen LogP contribution < -0.4 is 5.73 Å². The number of aliphatic hydroxyl groups is 1. The lowest BCUT2D eigenvalue weighted by Gasteiger charge is -2.21. The molecule has 0 spiro atoms. The Hall–Kier alpha value is -1.46. The summed E-state index contributed by atoms with van der Waals surface area (Å²) in [4.78, 5) is 9.98. The van der Waals surface area contributed by atoms with Crippen LogP contribution in [-0.4, -0.2) is 16.6 Å². The molecule has 1 aromatic carbocycles. The van der Waals surface area contributed by atoms with Gasteiger partial charge in [0.2, 0.25) is 0 Å². The van der Waals surface area contributed by atoms with Crippen molar-refractivity contribution in [2.24, 2.45) is 5.73 Å². The smallest absolute Gasteiger partial charge is 0.269 e. The molecule has 0 fully saturated rings. The van der Waals surface area contributed by atoms with Crippen LogP contribution in [0.1, 0.15) is 12.5 Å². The summed E-state index contributed by atoms with van der Waals surface area (Å²) in [6.07, 6.45) is 0. The molecule has 0 radical (unpaired) electrons. The number of nitrogens with zero attached hydrogens (tertiary/aromatic N) is 1. The molecule has 5 nitrogen and oxygen atoms in total. The number of benzene rings is 1. The van der Waals surface area contributed by atoms with E-state index in [1.807, 2.05) is 0 Å². The van der Waals surface area contributed by atoms with Crippen LogP contribution in [0, 0.1) is 10.1 Å². The van der Waals surface area contributed by atoms with Crippen LogP contribution >= 0.6 is 0 Å². The Morgan fingerprint density at radius 1 is 1.64 bits per heavy atom. The Morgan fingerprint density at radius 2 is 2.29 bits per heavy atom. The van der Waals surface area contributed by atoms with E-state index in [0.717, 1.165) is 0 Å². The molecule has 0 aliphatic rings. The molecule has 0 aliphatic heterocycles. The van der Waals surface area contributed by atoms with E-state index >= 15 is 0 Å². The van der Waals surface area contributed by atoms with Gasteiger partial charge >= 0.3 is 0 Å². The van der Waals surface area contributed by atoms with Gasteiger partial charge < -0.3 is 10.8 Å². The summed E-state index contributed by atoms with van der Waals surface area (Å²) in [5.41, 5.74) is 5.32. The Bertz CT molecular complexity index is 350. The summed E-state index contributed by atoms with van der Waals surface area (Å²) in [6.45, 7) is 1.36. The zero-order valence-corrected chi connectivity index (χ0v) is 7.80. The summed E-state index contributed by atoms with van der Waals surface area (Å²) < 4.78 is 0. The fourth-order valence-electron chi connectivity index (χ4n) is 1.07. The van der Waals surface area contributed by atoms with Crippen molar-refractivity contribution in [3.63, 3.8) is 0 Å². The predicted molar refractivity (Wildman–Crippen MR) is 51.7 cm³/mol. The predicted octanol–water partition coefficient (Wildman–Crippen LogP) is 0.761. The van der Waals surface area contributed by atoms with Crippen molar-refractivity contribution in [1.82, 2.24) is 0 Å². The van der Waals surface area contributed by atoms with Gasteiger partial charge in [-0.2, -0.15) is 0 Å². The first-order valence-electron chi connectivity index (χ1n) is 4.12. The highest BCUT2D eigenvalue weighted by atomic mass is 16.6. The highest BCUT2D eigenvalue weighted by Gasteiger charge is 2.21. The van der Waals surface area contributed by atoms with Gasteiger partial charge in [0.15, 0.2) is 0 Å². The van der Waals surface area contributed by atoms with E-state index in [1.165, 1.54) is 12.1 Å². The Balaban J connectivity index is 3.12. The molecule has 0 unspecified atom stereocenters. The van der Waals surface area contributed by atoms with Gasteiger partial charge in [-0.1, -0.05) is 12.1 Å². The minimum absolute atomic E-state index is 0.0207. The number of nitro groups is 1. The number of hydrogen-bond donors (Lipinski definition) is 2. The largest absolute Gasteiger partial charge is 0.394 e. The molecule has 3 N–H and O–H groups in total. The molecule has 0 aliphatic carbocycles. The summed E-state index contributed by atoms with van der Waals surface area (Å²) in [5.74, 6) is 0. The highest BCUT2D eigenvalue weighted by Crippen LogP contribution is 2.21. The zero-order chi connectivity index (χ0) is 10.8. The average Bonchev–Trinajstić information content (AvgIpc) is 2.18. The van der Waals surface area contributed by atoms with Gasteiger partial charge in [0.1, 0.15) is 0 Å². The third kappa shape index (κ3) is 2.07. The van der Waals surface area contributed by atoms with E-state index in [9.17, 15) is 10.1 Å². The first-order chi connectivity index (χ1) is 6.47. The topological polar surface area (TPSA) is 89.4 Å². The average molecular weight is 196 g/mol. The lowest BCUT2D eigenvalue weighted by molar-refractivity contribution is -0.385. The van der Waals surface area contributed by atoms with Crippen molar-refractivity contribution >= 4 is 5.69 Å². The second-order valence-corrected chi connectivity index (χ2v) is 3.38. The monoisotopic (exact) mass is 196 g/mol. The molecule has 0 saturated heterocycles. The van der Waals surface area contributed by atoms with E-state index in [-0.39, 0.29) is 12.3 Å². The van der Waals surface area contributed by atoms with E-state index < -0.39 is 10.5 Å². The van der Waals surface area contributed by atoms with E-state index in [2.05, 4.69) is 0 Å². The van der Waals surface area contributed by atoms with Gasteiger partial charge in [-0.15, -0.1) is 0 Å². The summed E-state index contributed by atoms with van der Waals surface area (Å²) in [7, 11) is 0. The Labute approximate surface area is 81.3 Å². The molecular weight excluding hydrogens is 184 g/mol. The molecule has 1 aromatic rings. The molecule has 0 heterocycles. The number of aliphatic hydroxyl groups excluding tert-OH is 1. The Morgan fingerprint density at radius 3 is 2.79 bits per heavy atom. The van der Waals surface area contributed by atoms with Gasteiger partial charge in [0.25, 0.3) is 5.69 Å². The van der Waals surface area contributed by atoms with Crippen LogP contribution in [0.15, 0.2) is 24.3 Å². The minimum atomic E-state index is -0.938. The molecule has 1 rings (SSSR count). The normalized spacial score (nSPS) is 14.8. The molecule has 1 atom stereocenters. The number of rotatable bonds is 3. The first kappa shape index (κ1) is 10.6. The lowest BCUT2D eigenvalue weighted by atomic mass is 9.94. The van der Waals surface area contributed by atoms with Crippen LogP contribution in [0.5, 0.6) is 0 Å². The van der Waals surface area contributed by atoms with Gasteiger partial charge in [-0.25, -0.2) is 0 Å². The van der Waals surface area contributed by atoms with Crippen LogP contribution in [0.25, 0.3) is 0 Å². The Kier molecular flexibility index (Phi) is 2.83. The minimum Gasteiger partial charge on any atom is -0.394 e. The molecule has 0 aromatic heterocycles. The molecule has 14 heavy (non-hydrogen) atoms. The van der Waals surface area contributed by atoms with Gasteiger partial charge in [0.05, 0.1) is 17.1 Å². The standard InChI is InChI=1S/C9H12N2O3/c1-9(10,6-12)7-3-2-4-8(5-7)11(13)14/h2-5,12H,6,10H2,1H3/t9-/m1/s1. The molecule has 0 saturated carbocycles. The molecular formula is C9H12N2O3. The van der Waals surface area contributed by atoms with Gasteiger partial charge in [-0.3, -0.25) is 10.1 Å². The maximum atomic E-state index is 10.5. The van der Waals surface area contributed by atoms with Crippen molar-refractivity contribution in [2.75, 3.05) is 6.61 Å². The molecule has 5 heteroatoms. The maximum absolute atomic E-state index is 10.5. The summed E-state index contributed by atoms with van der Waals surface area (Å²) in [6, 6.07) is 5.96. The highest BCUT2D eigenvalue weighted by molar-refractivity contribution is 5.37. The van der Waals surface area contributed by atoms with E-state index in [0.29, 0.717) is 5.56 Å². The maximum Gasteiger partial charge on any atom is 0.269 e. The van der Waals surface area contributed by atoms with E-state index in [1.54, 1.807) is 19.1 Å². The van der Waals surface area contributed by atoms with Gasteiger partial charge in [0, 0.05) is 12.1 Å². The van der Waals surface area contributed by atoms with Crippen molar-refractivity contribution in [1.29, 1.82) is 0 Å². The number of nitro benzene ring substituents is 1. The number of nitrogens with two attached hydrogens (primary N) is 1. The van der Waals surface area contributed by atoms with Crippen LogP contribution in [0.3, 0.4) is 0 Å². The summed E-state index contributed by atoms with van der Waals surface area (Å²) in [5, 5.41) is 19.5. The van der Waals surface area contributed by atoms with Crippen molar-refractivity contribution < 1.29 is 10.0 Å². The number of hydrogen-bond acceptors (Lipinski definition) is 4. The van der Waals surface area contributed by atoms with Gasteiger partial charge in [-0.05, 0) is 12.5 Å². The van der Waals surface area contributed by atoms with Crippen molar-refractivity contribution in [3.8, 4) is 0 Å². The molecule has 76 valence electrons. The zero-order valence-electron chi connectivity index (χ0n) is 7.80. The van der Waals surface area contributed by atoms with Crippen LogP contribution in [-0.2, 0) is 5.54 Å². The van der Waals surface area contributed by atoms with Crippen molar-refractivity contribution in [3.05, 3.63) is 39.9 Å². The quantitative estimate of drug-likeness (QED) is 0.551. The van der Waals surface area contributed by atoms with E-state index in [4.69, 9.17) is 10.8 Å². The lowest BCUT2D eigenvalue weighted by Crippen LogP contribution is -2.36. The fourth-order valence-corrected chi connectivity index (χ4v) is 1.07. The molecule has 0 amide bonds. The SMILES string of the molecule is C[C@@](N)(CO)c1cccc([N+](=O)[O-])c1. The summed E-state index contributed by atoms with van der Waals surface area (Å²) >= 11 is 0. The van der Waals surface area contributed by atoms with Crippen molar-refractivity contribution in [2.45, 2.75) is 12.5 Å². The molecule has 0 bridgehead atoms. The third-order valence-corrected chi connectivity index (χ3v) is 2.04. The fraction of sp³-hybridized carbons (Fsp3) is 0.333. The van der Waals surface area contributed by atoms with Crippen LogP contribution in [0.2, 0.25) is 0 Å². The number of non-ortho nitro benzene ring substituents is 1. The first-order valence-corrected chi connectivity index (χ1v) is 4.12. The second-order valence-electron chi connectivity index (χ2n) is 3.38.